The van der Waals surface area contributed by atoms with Gasteiger partial charge in [-0.1, -0.05) is 80.1 Å². The number of hydrogen-bond acceptors (Lipinski definition) is 1. The normalized spacial score (nSPS) is 19.5. The maximum Gasteiger partial charge on any atom is 0.0829 e. The Kier molecular flexibility index (Phi) is 5.15. The number of rotatable bonds is 5. The Morgan fingerprint density at radius 1 is 0.920 bits per heavy atom. The summed E-state index contributed by atoms with van der Waals surface area (Å²) in [5.74, 6) is 0. The molecule has 132 valence electrons. The van der Waals surface area contributed by atoms with Crippen LogP contribution in [0.4, 0.5) is 0 Å². The van der Waals surface area contributed by atoms with Crippen molar-refractivity contribution in [3.8, 4) is 0 Å². The van der Waals surface area contributed by atoms with Crippen LogP contribution in [0.3, 0.4) is 0 Å². The molecule has 1 unspecified atom stereocenters. The molecule has 25 heavy (non-hydrogen) atoms. The highest BCUT2D eigenvalue weighted by Crippen LogP contribution is 2.51. The monoisotopic (exact) mass is 334 g/mol. The Labute approximate surface area is 152 Å². The van der Waals surface area contributed by atoms with Crippen molar-refractivity contribution < 1.29 is 5.11 Å². The van der Waals surface area contributed by atoms with E-state index in [2.05, 4.69) is 74.5 Å². The molecule has 0 bridgehead atoms. The fraction of sp³-hybridized carbons (Fsp3) is 0.417. The Morgan fingerprint density at radius 3 is 1.88 bits per heavy atom. The highest BCUT2D eigenvalue weighted by molar-refractivity contribution is 5.52. The van der Waals surface area contributed by atoms with Gasteiger partial charge in [-0.05, 0) is 55.7 Å². The minimum atomic E-state index is -0.722. The molecule has 0 saturated carbocycles. The zero-order valence-corrected chi connectivity index (χ0v) is 15.8. The fourth-order valence-corrected chi connectivity index (χ4v) is 4.66. The van der Waals surface area contributed by atoms with Crippen molar-refractivity contribution >= 4 is 0 Å². The quantitative estimate of drug-likeness (QED) is 0.662. The van der Waals surface area contributed by atoms with Crippen LogP contribution in [0.1, 0.15) is 64.0 Å². The lowest BCUT2D eigenvalue weighted by molar-refractivity contribution is 0.0852. The molecule has 1 atom stereocenters. The molecule has 1 aliphatic carbocycles. The zero-order chi connectivity index (χ0) is 17.9. The van der Waals surface area contributed by atoms with Gasteiger partial charge < -0.3 is 5.11 Å². The summed E-state index contributed by atoms with van der Waals surface area (Å²) in [6.07, 6.45) is 4.94. The molecule has 3 rings (SSSR count). The summed E-state index contributed by atoms with van der Waals surface area (Å²) in [5.41, 5.74) is 4.54. The maximum absolute atomic E-state index is 11.1. The minimum Gasteiger partial charge on any atom is -0.386 e. The summed E-state index contributed by atoms with van der Waals surface area (Å²) >= 11 is 0. The van der Waals surface area contributed by atoms with Crippen molar-refractivity contribution in [2.24, 2.45) is 0 Å². The molecule has 2 aromatic rings. The number of benzene rings is 2. The molecule has 1 aliphatic rings. The molecule has 0 amide bonds. The lowest BCUT2D eigenvalue weighted by Crippen LogP contribution is -2.39. The first kappa shape index (κ1) is 17.9. The predicted octanol–water partition coefficient (Wildman–Crippen LogP) is 6.02. The summed E-state index contributed by atoms with van der Waals surface area (Å²) in [4.78, 5) is 0. The standard InChI is InChI=1S/C24H30O/c1-4-21-22(23(3,25)5-2)17-12-18-24(21,19-13-8-6-9-14-19)20-15-10-7-11-16-20/h6-11,13-16,25H,4-5,12,17-18H2,1-3H3. The minimum absolute atomic E-state index is 0.121. The van der Waals surface area contributed by atoms with E-state index in [-0.39, 0.29) is 5.41 Å². The van der Waals surface area contributed by atoms with E-state index >= 15 is 0 Å². The molecular formula is C24H30O. The van der Waals surface area contributed by atoms with Crippen LogP contribution >= 0.6 is 0 Å². The molecule has 1 N–H and O–H groups in total. The van der Waals surface area contributed by atoms with E-state index in [4.69, 9.17) is 0 Å². The first-order valence-electron chi connectivity index (χ1n) is 9.62. The van der Waals surface area contributed by atoms with Gasteiger partial charge in [-0.2, -0.15) is 0 Å². The molecule has 0 aromatic heterocycles. The van der Waals surface area contributed by atoms with Gasteiger partial charge in [-0.25, -0.2) is 0 Å². The van der Waals surface area contributed by atoms with Crippen LogP contribution in [0.2, 0.25) is 0 Å². The van der Waals surface area contributed by atoms with Crippen LogP contribution < -0.4 is 0 Å². The largest absolute Gasteiger partial charge is 0.386 e. The Morgan fingerprint density at radius 2 is 1.44 bits per heavy atom. The molecule has 0 saturated heterocycles. The molecule has 1 heteroatoms. The lowest BCUT2D eigenvalue weighted by atomic mass is 9.59. The van der Waals surface area contributed by atoms with E-state index in [9.17, 15) is 5.11 Å². The molecule has 0 spiro atoms. The third kappa shape index (κ3) is 3.06. The van der Waals surface area contributed by atoms with Gasteiger partial charge in [0.25, 0.3) is 0 Å². The summed E-state index contributed by atoms with van der Waals surface area (Å²) in [7, 11) is 0. The Balaban J connectivity index is 2.33. The van der Waals surface area contributed by atoms with E-state index in [1.165, 1.54) is 22.3 Å². The molecule has 1 nitrogen and oxygen atoms in total. The number of hydrogen-bond donors (Lipinski definition) is 1. The molecule has 0 aliphatic heterocycles. The number of aliphatic hydroxyl groups is 1. The van der Waals surface area contributed by atoms with Crippen molar-refractivity contribution in [1.82, 2.24) is 0 Å². The summed E-state index contributed by atoms with van der Waals surface area (Å²) in [5, 5.41) is 11.1. The second kappa shape index (κ2) is 7.17. The van der Waals surface area contributed by atoms with Crippen molar-refractivity contribution in [2.45, 2.75) is 63.9 Å². The molecule has 0 radical (unpaired) electrons. The van der Waals surface area contributed by atoms with E-state index in [0.717, 1.165) is 32.1 Å². The highest BCUT2D eigenvalue weighted by Gasteiger charge is 2.43. The molecular weight excluding hydrogens is 304 g/mol. The average Bonchev–Trinajstić information content (AvgIpc) is 2.68. The van der Waals surface area contributed by atoms with Crippen LogP contribution in [0.15, 0.2) is 71.8 Å². The molecule has 2 aromatic carbocycles. The predicted molar refractivity (Wildman–Crippen MR) is 106 cm³/mol. The van der Waals surface area contributed by atoms with Crippen molar-refractivity contribution in [3.05, 3.63) is 82.9 Å². The first-order chi connectivity index (χ1) is 12.1. The van der Waals surface area contributed by atoms with Crippen LogP contribution in [-0.4, -0.2) is 10.7 Å². The van der Waals surface area contributed by atoms with E-state index in [1.807, 2.05) is 6.92 Å². The van der Waals surface area contributed by atoms with Crippen LogP contribution in [0, 0.1) is 0 Å². The van der Waals surface area contributed by atoms with Gasteiger partial charge in [0.2, 0.25) is 0 Å². The molecule has 0 heterocycles. The van der Waals surface area contributed by atoms with Crippen LogP contribution in [-0.2, 0) is 5.41 Å². The maximum atomic E-state index is 11.1. The van der Waals surface area contributed by atoms with Gasteiger partial charge in [-0.3, -0.25) is 0 Å². The fourth-order valence-electron chi connectivity index (χ4n) is 4.66. The number of allylic oxidation sites excluding steroid dienone is 1. The van der Waals surface area contributed by atoms with Gasteiger partial charge in [0.15, 0.2) is 0 Å². The Bertz CT molecular complexity index is 686. The summed E-state index contributed by atoms with van der Waals surface area (Å²) < 4.78 is 0. The third-order valence-corrected chi connectivity index (χ3v) is 6.08. The van der Waals surface area contributed by atoms with Crippen LogP contribution in [0.25, 0.3) is 0 Å². The second-order valence-electron chi connectivity index (χ2n) is 7.43. The van der Waals surface area contributed by atoms with Gasteiger partial charge in [0.1, 0.15) is 0 Å². The summed E-state index contributed by atoms with van der Waals surface area (Å²) in [6, 6.07) is 21.8. The Hall–Kier alpha value is -1.86. The smallest absolute Gasteiger partial charge is 0.0829 e. The van der Waals surface area contributed by atoms with E-state index in [1.54, 1.807) is 0 Å². The summed E-state index contributed by atoms with van der Waals surface area (Å²) in [6.45, 7) is 6.32. The van der Waals surface area contributed by atoms with E-state index in [0.29, 0.717) is 0 Å². The lowest BCUT2D eigenvalue weighted by Gasteiger charge is -2.45. The van der Waals surface area contributed by atoms with Crippen molar-refractivity contribution in [1.29, 1.82) is 0 Å². The van der Waals surface area contributed by atoms with Gasteiger partial charge in [-0.15, -0.1) is 0 Å². The zero-order valence-electron chi connectivity index (χ0n) is 15.8. The van der Waals surface area contributed by atoms with Gasteiger partial charge >= 0.3 is 0 Å². The van der Waals surface area contributed by atoms with Crippen LogP contribution in [0.5, 0.6) is 0 Å². The highest BCUT2D eigenvalue weighted by atomic mass is 16.3. The molecule has 0 fully saturated rings. The second-order valence-corrected chi connectivity index (χ2v) is 7.43. The third-order valence-electron chi connectivity index (χ3n) is 6.08. The van der Waals surface area contributed by atoms with Crippen molar-refractivity contribution in [3.63, 3.8) is 0 Å². The van der Waals surface area contributed by atoms with Gasteiger partial charge in [0.05, 0.1) is 5.60 Å². The van der Waals surface area contributed by atoms with E-state index < -0.39 is 5.60 Å². The van der Waals surface area contributed by atoms with Crippen molar-refractivity contribution in [2.75, 3.05) is 0 Å². The SMILES string of the molecule is CCC1=C(C(C)(O)CC)CCCC1(c1ccccc1)c1ccccc1. The van der Waals surface area contributed by atoms with Gasteiger partial charge in [0, 0.05) is 5.41 Å². The first-order valence-corrected chi connectivity index (χ1v) is 9.62. The topological polar surface area (TPSA) is 20.2 Å². The average molecular weight is 335 g/mol.